The average molecular weight is 344 g/mol. The van der Waals surface area contributed by atoms with Crippen LogP contribution in [0.1, 0.15) is 31.2 Å². The Morgan fingerprint density at radius 2 is 2.20 bits per heavy atom. The van der Waals surface area contributed by atoms with Crippen LogP contribution in [-0.4, -0.2) is 29.1 Å². The molecule has 110 valence electrons. The average Bonchev–Trinajstić information content (AvgIpc) is 2.58. The summed E-state index contributed by atoms with van der Waals surface area (Å²) in [5.41, 5.74) is 0.699. The molecule has 1 atom stereocenters. The van der Waals surface area contributed by atoms with Gasteiger partial charge in [-0.05, 0) is 50.4 Å². The molecule has 1 aliphatic heterocycles. The first-order valence-corrected chi connectivity index (χ1v) is 7.72. The van der Waals surface area contributed by atoms with Crippen molar-refractivity contribution in [1.82, 2.24) is 4.90 Å². The van der Waals surface area contributed by atoms with Crippen LogP contribution in [0.25, 0.3) is 0 Å². The SMILES string of the molecule is O=C(O)C[C@H]1CCCN(Cc2ccc(Br)cc2F)CC1. The van der Waals surface area contributed by atoms with Crippen LogP contribution < -0.4 is 0 Å². The molecule has 0 spiro atoms. The molecule has 0 amide bonds. The second-order valence-electron chi connectivity index (χ2n) is 5.41. The van der Waals surface area contributed by atoms with Crippen molar-refractivity contribution < 1.29 is 14.3 Å². The molecule has 20 heavy (non-hydrogen) atoms. The van der Waals surface area contributed by atoms with Crippen molar-refractivity contribution in [3.05, 3.63) is 34.1 Å². The van der Waals surface area contributed by atoms with Gasteiger partial charge in [-0.3, -0.25) is 9.69 Å². The van der Waals surface area contributed by atoms with E-state index in [2.05, 4.69) is 20.8 Å². The Balaban J connectivity index is 1.92. The van der Waals surface area contributed by atoms with Gasteiger partial charge in [0.1, 0.15) is 5.82 Å². The Bertz CT molecular complexity index is 481. The predicted molar refractivity (Wildman–Crippen MR) is 79.0 cm³/mol. The Kier molecular flexibility index (Phi) is 5.54. The standard InChI is InChI=1S/C15H19BrFNO2/c16-13-4-3-12(14(17)9-13)10-18-6-1-2-11(5-7-18)8-15(19)20/h3-4,9,11H,1-2,5-8,10H2,(H,19,20)/t11-/m0/s1. The zero-order chi connectivity index (χ0) is 14.5. The van der Waals surface area contributed by atoms with Crippen LogP contribution in [0.4, 0.5) is 4.39 Å². The van der Waals surface area contributed by atoms with E-state index in [-0.39, 0.29) is 18.2 Å². The topological polar surface area (TPSA) is 40.5 Å². The fourth-order valence-electron chi connectivity index (χ4n) is 2.72. The molecule has 1 fully saturated rings. The molecule has 0 aromatic heterocycles. The highest BCUT2D eigenvalue weighted by Gasteiger charge is 2.20. The number of carbonyl (C=O) groups is 1. The first-order chi connectivity index (χ1) is 9.54. The molecule has 0 radical (unpaired) electrons. The first kappa shape index (κ1) is 15.4. The lowest BCUT2D eigenvalue weighted by molar-refractivity contribution is -0.138. The lowest BCUT2D eigenvalue weighted by Gasteiger charge is -2.20. The molecule has 0 saturated carbocycles. The monoisotopic (exact) mass is 343 g/mol. The number of nitrogens with zero attached hydrogens (tertiary/aromatic N) is 1. The molecule has 1 saturated heterocycles. The van der Waals surface area contributed by atoms with Crippen molar-refractivity contribution in [2.45, 2.75) is 32.2 Å². The second-order valence-corrected chi connectivity index (χ2v) is 6.32. The summed E-state index contributed by atoms with van der Waals surface area (Å²) in [6.07, 6.45) is 3.06. The molecular weight excluding hydrogens is 325 g/mol. The van der Waals surface area contributed by atoms with E-state index in [0.717, 1.165) is 36.8 Å². The Labute approximate surface area is 126 Å². The van der Waals surface area contributed by atoms with Crippen molar-refractivity contribution in [2.24, 2.45) is 5.92 Å². The molecule has 1 aliphatic rings. The molecule has 0 unspecified atom stereocenters. The largest absolute Gasteiger partial charge is 0.481 e. The molecule has 1 aromatic carbocycles. The van der Waals surface area contributed by atoms with Crippen molar-refractivity contribution in [1.29, 1.82) is 0 Å². The molecule has 1 N–H and O–H groups in total. The van der Waals surface area contributed by atoms with E-state index < -0.39 is 5.97 Å². The van der Waals surface area contributed by atoms with E-state index in [0.29, 0.717) is 12.1 Å². The van der Waals surface area contributed by atoms with Crippen molar-refractivity contribution in [3.8, 4) is 0 Å². The van der Waals surface area contributed by atoms with Crippen LogP contribution in [0.15, 0.2) is 22.7 Å². The third-order valence-electron chi connectivity index (χ3n) is 3.81. The minimum Gasteiger partial charge on any atom is -0.481 e. The van der Waals surface area contributed by atoms with Crippen molar-refractivity contribution in [3.63, 3.8) is 0 Å². The Hall–Kier alpha value is -0.940. The number of aliphatic carboxylic acids is 1. The molecule has 1 aromatic rings. The van der Waals surface area contributed by atoms with E-state index in [1.54, 1.807) is 6.07 Å². The maximum absolute atomic E-state index is 13.8. The molecule has 0 aliphatic carbocycles. The van der Waals surface area contributed by atoms with E-state index >= 15 is 0 Å². The summed E-state index contributed by atoms with van der Waals surface area (Å²) in [5.74, 6) is -0.652. The molecular formula is C15H19BrFNO2. The highest BCUT2D eigenvalue weighted by molar-refractivity contribution is 9.10. The summed E-state index contributed by atoms with van der Waals surface area (Å²) in [6.45, 7) is 2.35. The number of benzene rings is 1. The summed E-state index contributed by atoms with van der Waals surface area (Å²) in [6, 6.07) is 5.14. The van der Waals surface area contributed by atoms with Crippen LogP contribution in [0.2, 0.25) is 0 Å². The maximum atomic E-state index is 13.8. The first-order valence-electron chi connectivity index (χ1n) is 6.92. The van der Waals surface area contributed by atoms with E-state index in [9.17, 15) is 9.18 Å². The van der Waals surface area contributed by atoms with Crippen LogP contribution in [-0.2, 0) is 11.3 Å². The number of carboxylic acid groups (broad SMARTS) is 1. The van der Waals surface area contributed by atoms with Crippen LogP contribution in [0, 0.1) is 11.7 Å². The number of likely N-dealkylation sites (tertiary alicyclic amines) is 1. The van der Waals surface area contributed by atoms with Gasteiger partial charge in [-0.25, -0.2) is 4.39 Å². The number of hydrogen-bond donors (Lipinski definition) is 1. The van der Waals surface area contributed by atoms with Gasteiger partial charge in [-0.2, -0.15) is 0 Å². The van der Waals surface area contributed by atoms with Gasteiger partial charge >= 0.3 is 5.97 Å². The quantitative estimate of drug-likeness (QED) is 0.906. The Morgan fingerprint density at radius 1 is 1.40 bits per heavy atom. The second kappa shape index (κ2) is 7.18. The maximum Gasteiger partial charge on any atom is 0.303 e. The summed E-state index contributed by atoms with van der Waals surface area (Å²) >= 11 is 3.26. The van der Waals surface area contributed by atoms with Gasteiger partial charge in [0.15, 0.2) is 0 Å². The zero-order valence-corrected chi connectivity index (χ0v) is 12.9. The van der Waals surface area contributed by atoms with Gasteiger partial charge in [-0.15, -0.1) is 0 Å². The van der Waals surface area contributed by atoms with Gasteiger partial charge in [-0.1, -0.05) is 22.0 Å². The summed E-state index contributed by atoms with van der Waals surface area (Å²) in [4.78, 5) is 13.0. The lowest BCUT2D eigenvalue weighted by Crippen LogP contribution is -2.25. The number of rotatable bonds is 4. The molecule has 2 rings (SSSR count). The third-order valence-corrected chi connectivity index (χ3v) is 4.31. The number of carboxylic acids is 1. The fourth-order valence-corrected chi connectivity index (χ4v) is 3.06. The van der Waals surface area contributed by atoms with Crippen LogP contribution in [0.5, 0.6) is 0 Å². The van der Waals surface area contributed by atoms with Crippen LogP contribution in [0.3, 0.4) is 0 Å². The van der Waals surface area contributed by atoms with Crippen molar-refractivity contribution >= 4 is 21.9 Å². The van der Waals surface area contributed by atoms with Crippen molar-refractivity contribution in [2.75, 3.05) is 13.1 Å². The highest BCUT2D eigenvalue weighted by Crippen LogP contribution is 2.23. The van der Waals surface area contributed by atoms with Gasteiger partial charge in [0.2, 0.25) is 0 Å². The van der Waals surface area contributed by atoms with E-state index in [4.69, 9.17) is 5.11 Å². The highest BCUT2D eigenvalue weighted by atomic mass is 79.9. The number of halogens is 2. The summed E-state index contributed by atoms with van der Waals surface area (Å²) in [5, 5.41) is 8.85. The van der Waals surface area contributed by atoms with E-state index in [1.165, 1.54) is 6.07 Å². The van der Waals surface area contributed by atoms with Gasteiger partial charge in [0, 0.05) is 23.0 Å². The molecule has 5 heteroatoms. The smallest absolute Gasteiger partial charge is 0.303 e. The normalized spacial score (nSPS) is 20.6. The summed E-state index contributed by atoms with van der Waals surface area (Å²) < 4.78 is 14.6. The minimum absolute atomic E-state index is 0.189. The molecule has 0 bridgehead atoms. The van der Waals surface area contributed by atoms with Gasteiger partial charge in [0.05, 0.1) is 0 Å². The number of hydrogen-bond acceptors (Lipinski definition) is 2. The van der Waals surface area contributed by atoms with Gasteiger partial charge < -0.3 is 5.11 Å². The zero-order valence-electron chi connectivity index (χ0n) is 11.3. The summed E-state index contributed by atoms with van der Waals surface area (Å²) in [7, 11) is 0. The van der Waals surface area contributed by atoms with E-state index in [1.807, 2.05) is 6.07 Å². The van der Waals surface area contributed by atoms with Crippen LogP contribution >= 0.6 is 15.9 Å². The predicted octanol–water partition coefficient (Wildman–Crippen LogP) is 3.67. The minimum atomic E-state index is -0.720. The van der Waals surface area contributed by atoms with Gasteiger partial charge in [0.25, 0.3) is 0 Å². The molecule has 1 heterocycles. The Morgan fingerprint density at radius 3 is 2.90 bits per heavy atom. The molecule has 3 nitrogen and oxygen atoms in total. The fraction of sp³-hybridized carbons (Fsp3) is 0.533. The lowest BCUT2D eigenvalue weighted by atomic mass is 9.97. The third kappa shape index (κ3) is 4.56.